The van der Waals surface area contributed by atoms with Crippen molar-refractivity contribution < 1.29 is 4.74 Å². The van der Waals surface area contributed by atoms with Crippen LogP contribution in [-0.4, -0.2) is 16.6 Å². The lowest BCUT2D eigenvalue weighted by Gasteiger charge is -2.03. The van der Waals surface area contributed by atoms with Crippen LogP contribution in [0.2, 0.25) is 0 Å². The summed E-state index contributed by atoms with van der Waals surface area (Å²) in [6, 6.07) is 4.38. The van der Waals surface area contributed by atoms with Gasteiger partial charge in [0.1, 0.15) is 0 Å². The smallest absolute Gasteiger partial charge is 0.175 e. The van der Waals surface area contributed by atoms with Crippen LogP contribution >= 0.6 is 22.7 Å². The number of unbranched alkanes of at least 4 members (excludes halogenated alkanes) is 8. The number of thiophene rings is 2. The predicted octanol–water partition coefficient (Wildman–Crippen LogP) is 8.28. The van der Waals surface area contributed by atoms with Crippen molar-refractivity contribution in [3.05, 3.63) is 30.1 Å². The molecule has 0 fully saturated rings. The average Bonchev–Trinajstić information content (AvgIpc) is 3.30. The molecule has 3 rings (SSSR count). The molecule has 0 aliphatic carbocycles. The molecule has 3 aromatic rings. The summed E-state index contributed by atoms with van der Waals surface area (Å²) in [6.07, 6.45) is 18.0. The Morgan fingerprint density at radius 1 is 0.759 bits per heavy atom. The van der Waals surface area contributed by atoms with E-state index in [9.17, 15) is 0 Å². The zero-order valence-corrected chi connectivity index (χ0v) is 19.5. The van der Waals surface area contributed by atoms with E-state index in [1.165, 1.54) is 72.8 Å². The molecule has 0 radical (unpaired) electrons. The summed E-state index contributed by atoms with van der Waals surface area (Å²) in [5, 5.41) is 1.04. The molecule has 3 nitrogen and oxygen atoms in total. The van der Waals surface area contributed by atoms with Crippen LogP contribution in [0, 0.1) is 0 Å². The van der Waals surface area contributed by atoms with Crippen molar-refractivity contribution in [2.75, 3.05) is 6.61 Å². The van der Waals surface area contributed by atoms with Gasteiger partial charge in [-0.2, -0.15) is 0 Å². The van der Waals surface area contributed by atoms with E-state index in [-0.39, 0.29) is 0 Å². The number of ether oxygens (including phenoxy) is 1. The van der Waals surface area contributed by atoms with Gasteiger partial charge in [0, 0.05) is 27.9 Å². The van der Waals surface area contributed by atoms with Crippen LogP contribution in [0.4, 0.5) is 0 Å². The maximum Gasteiger partial charge on any atom is 0.175 e. The second-order valence-electron chi connectivity index (χ2n) is 7.75. The molecule has 3 heterocycles. The van der Waals surface area contributed by atoms with Crippen LogP contribution in [0.3, 0.4) is 0 Å². The quantitative estimate of drug-likeness (QED) is 0.241. The van der Waals surface area contributed by atoms with E-state index in [0.717, 1.165) is 35.2 Å². The first-order chi connectivity index (χ1) is 14.3. The highest BCUT2D eigenvalue weighted by Crippen LogP contribution is 2.40. The fourth-order valence-electron chi connectivity index (χ4n) is 3.42. The fraction of sp³-hybridized carbons (Fsp3) is 0.583. The largest absolute Gasteiger partial charge is 0.484 e. The van der Waals surface area contributed by atoms with Crippen LogP contribution < -0.4 is 4.74 Å². The molecular formula is C24H34N2OS2. The van der Waals surface area contributed by atoms with E-state index in [1.807, 2.05) is 12.4 Å². The van der Waals surface area contributed by atoms with Gasteiger partial charge in [0.15, 0.2) is 10.9 Å². The molecule has 29 heavy (non-hydrogen) atoms. The predicted molar refractivity (Wildman–Crippen MR) is 127 cm³/mol. The number of fused-ring (bicyclic) bond motifs is 1. The Labute approximate surface area is 183 Å². The molecule has 0 aromatic carbocycles. The third kappa shape index (κ3) is 7.07. The number of rotatable bonds is 14. The first-order valence-corrected chi connectivity index (χ1v) is 12.9. The summed E-state index contributed by atoms with van der Waals surface area (Å²) in [6.45, 7) is 5.33. The fourth-order valence-corrected chi connectivity index (χ4v) is 5.62. The van der Waals surface area contributed by atoms with E-state index in [4.69, 9.17) is 4.74 Å². The maximum atomic E-state index is 5.97. The van der Waals surface area contributed by atoms with Crippen molar-refractivity contribution in [2.24, 2.45) is 0 Å². The van der Waals surface area contributed by atoms with Crippen molar-refractivity contribution in [3.63, 3.8) is 0 Å². The van der Waals surface area contributed by atoms with Gasteiger partial charge in [-0.1, -0.05) is 76.6 Å². The minimum atomic E-state index is 0.829. The summed E-state index contributed by atoms with van der Waals surface area (Å²) in [4.78, 5) is 10.4. The normalized spacial score (nSPS) is 11.4. The van der Waals surface area contributed by atoms with Gasteiger partial charge in [-0.25, -0.2) is 9.97 Å². The van der Waals surface area contributed by atoms with Gasteiger partial charge in [0.25, 0.3) is 0 Å². The topological polar surface area (TPSA) is 35.0 Å². The van der Waals surface area contributed by atoms with Crippen LogP contribution in [-0.2, 0) is 6.42 Å². The van der Waals surface area contributed by atoms with Crippen molar-refractivity contribution in [2.45, 2.75) is 84.5 Å². The molecule has 0 N–H and O–H groups in total. The minimum Gasteiger partial charge on any atom is -0.484 e. The molecule has 0 unspecified atom stereocenters. The lowest BCUT2D eigenvalue weighted by atomic mass is 10.1. The summed E-state index contributed by atoms with van der Waals surface area (Å²) in [7, 11) is 0. The average molecular weight is 431 g/mol. The summed E-state index contributed by atoms with van der Waals surface area (Å²) in [5.74, 6) is 0.838. The summed E-state index contributed by atoms with van der Waals surface area (Å²) < 4.78 is 8.51. The van der Waals surface area contributed by atoms with Gasteiger partial charge >= 0.3 is 0 Å². The Hall–Kier alpha value is -1.46. The van der Waals surface area contributed by atoms with Crippen molar-refractivity contribution in [3.8, 4) is 15.8 Å². The molecule has 0 aliphatic rings. The van der Waals surface area contributed by atoms with Gasteiger partial charge in [0.2, 0.25) is 0 Å². The van der Waals surface area contributed by atoms with E-state index in [2.05, 4.69) is 35.9 Å². The Morgan fingerprint density at radius 2 is 1.41 bits per heavy atom. The van der Waals surface area contributed by atoms with Gasteiger partial charge in [-0.05, 0) is 30.9 Å². The van der Waals surface area contributed by atoms with Crippen molar-refractivity contribution >= 4 is 32.1 Å². The SMILES string of the molecule is CCCCCCCCOc1cc2sc(-c3ncc(CCCCCC)cn3)cc2s1. The maximum absolute atomic E-state index is 5.97. The molecule has 0 amide bonds. The van der Waals surface area contributed by atoms with E-state index >= 15 is 0 Å². The number of aromatic nitrogens is 2. The Kier molecular flexibility index (Phi) is 9.42. The van der Waals surface area contributed by atoms with Gasteiger partial charge in [-0.15, -0.1) is 11.3 Å². The Balaban J connectivity index is 1.47. The first-order valence-electron chi connectivity index (χ1n) is 11.3. The van der Waals surface area contributed by atoms with E-state index in [0.29, 0.717) is 0 Å². The Bertz CT molecular complexity index is 807. The van der Waals surface area contributed by atoms with Crippen LogP contribution in [0.5, 0.6) is 5.06 Å². The monoisotopic (exact) mass is 430 g/mol. The number of nitrogens with zero attached hydrogens (tertiary/aromatic N) is 2. The summed E-state index contributed by atoms with van der Waals surface area (Å²) in [5.41, 5.74) is 1.24. The standard InChI is InChI=1S/C24H34N2OS2/c1-3-5-7-9-10-12-14-27-23-16-21-20(29-23)15-22(28-21)24-25-17-19(18-26-24)13-11-8-6-4-2/h15-18H,3-14H2,1-2H3. The molecular weight excluding hydrogens is 396 g/mol. The number of hydrogen-bond acceptors (Lipinski definition) is 5. The minimum absolute atomic E-state index is 0.829. The number of aryl methyl sites for hydroxylation is 1. The second-order valence-corrected chi connectivity index (χ2v) is 9.88. The highest BCUT2D eigenvalue weighted by molar-refractivity contribution is 7.30. The summed E-state index contributed by atoms with van der Waals surface area (Å²) >= 11 is 3.50. The van der Waals surface area contributed by atoms with E-state index < -0.39 is 0 Å². The van der Waals surface area contributed by atoms with E-state index in [1.54, 1.807) is 22.7 Å². The van der Waals surface area contributed by atoms with Crippen LogP contribution in [0.25, 0.3) is 20.1 Å². The third-order valence-corrected chi connectivity index (χ3v) is 7.37. The Morgan fingerprint density at radius 3 is 2.14 bits per heavy atom. The van der Waals surface area contributed by atoms with Gasteiger partial charge in [-0.3, -0.25) is 0 Å². The molecule has 0 bridgehead atoms. The zero-order valence-electron chi connectivity index (χ0n) is 17.9. The zero-order chi connectivity index (χ0) is 20.3. The molecule has 5 heteroatoms. The van der Waals surface area contributed by atoms with Crippen LogP contribution in [0.1, 0.15) is 83.6 Å². The molecule has 0 atom stereocenters. The van der Waals surface area contributed by atoms with Crippen LogP contribution in [0.15, 0.2) is 24.5 Å². The van der Waals surface area contributed by atoms with Crippen molar-refractivity contribution in [1.29, 1.82) is 0 Å². The van der Waals surface area contributed by atoms with Gasteiger partial charge in [0.05, 0.1) is 11.5 Å². The molecule has 0 spiro atoms. The first kappa shape index (κ1) is 22.2. The lowest BCUT2D eigenvalue weighted by Crippen LogP contribution is -1.95. The second kappa shape index (κ2) is 12.3. The lowest BCUT2D eigenvalue weighted by molar-refractivity contribution is 0.313. The molecule has 0 saturated heterocycles. The highest BCUT2D eigenvalue weighted by Gasteiger charge is 2.11. The molecule has 158 valence electrons. The number of hydrogen-bond donors (Lipinski definition) is 0. The molecule has 0 aliphatic heterocycles. The molecule has 3 aromatic heterocycles. The van der Waals surface area contributed by atoms with Gasteiger partial charge < -0.3 is 4.74 Å². The molecule has 0 saturated carbocycles. The highest BCUT2D eigenvalue weighted by atomic mass is 32.1. The third-order valence-electron chi connectivity index (χ3n) is 5.17. The van der Waals surface area contributed by atoms with Crippen molar-refractivity contribution in [1.82, 2.24) is 9.97 Å².